The van der Waals surface area contributed by atoms with Crippen LogP contribution < -0.4 is 31.8 Å². The van der Waals surface area contributed by atoms with Crippen molar-refractivity contribution in [3.8, 4) is 22.9 Å². The van der Waals surface area contributed by atoms with Crippen LogP contribution in [0.15, 0.2) is 23.0 Å². The molecule has 204 valence electrons. The van der Waals surface area contributed by atoms with Crippen molar-refractivity contribution < 1.29 is 28.9 Å². The van der Waals surface area contributed by atoms with E-state index in [-0.39, 0.29) is 55.5 Å². The second-order valence-electron chi connectivity index (χ2n) is 10.00. The number of aliphatic hydroxyl groups is 1. The third kappa shape index (κ3) is 3.86. The lowest BCUT2D eigenvalue weighted by Crippen LogP contribution is -2.44. The molecule has 5 heterocycles. The maximum absolute atomic E-state index is 13.6. The summed E-state index contributed by atoms with van der Waals surface area (Å²) < 4.78 is 17.9. The van der Waals surface area contributed by atoms with E-state index in [0.29, 0.717) is 47.8 Å². The van der Waals surface area contributed by atoms with Gasteiger partial charge in [0.05, 0.1) is 35.1 Å². The Labute approximate surface area is 222 Å². The second-order valence-corrected chi connectivity index (χ2v) is 10.00. The van der Waals surface area contributed by atoms with E-state index in [2.05, 4.69) is 5.32 Å². The summed E-state index contributed by atoms with van der Waals surface area (Å²) in [5, 5.41) is 14.8. The average Bonchev–Trinajstić information content (AvgIpc) is 3.55. The molecule has 6 N–H and O–H groups in total. The molecular weight excluding hydrogens is 506 g/mol. The van der Waals surface area contributed by atoms with E-state index in [0.717, 1.165) is 16.5 Å². The van der Waals surface area contributed by atoms with Crippen LogP contribution in [0.1, 0.15) is 48.4 Å². The molecule has 3 aliphatic heterocycles. The number of rotatable bonds is 7. The Morgan fingerprint density at radius 1 is 1.21 bits per heavy atom. The fraction of sp³-hybridized carbons (Fsp3) is 0.407. The second kappa shape index (κ2) is 9.33. The van der Waals surface area contributed by atoms with Crippen molar-refractivity contribution in [3.63, 3.8) is 0 Å². The van der Waals surface area contributed by atoms with Crippen LogP contribution in [0.2, 0.25) is 0 Å². The number of esters is 1. The molecule has 12 heteroatoms. The van der Waals surface area contributed by atoms with Gasteiger partial charge in [0.1, 0.15) is 6.61 Å². The molecule has 3 aromatic rings. The number of benzene rings is 1. The van der Waals surface area contributed by atoms with E-state index in [1.807, 2.05) is 6.07 Å². The monoisotopic (exact) mass is 535 g/mol. The van der Waals surface area contributed by atoms with Crippen LogP contribution in [-0.2, 0) is 39.6 Å². The number of hydrogen-bond donors (Lipinski definition) is 4. The highest BCUT2D eigenvalue weighted by Gasteiger charge is 2.45. The van der Waals surface area contributed by atoms with Gasteiger partial charge in [0.15, 0.2) is 17.1 Å². The molecule has 1 aromatic carbocycles. The summed E-state index contributed by atoms with van der Waals surface area (Å²) in [5.74, 6) is 0.00399. The fourth-order valence-electron chi connectivity index (χ4n) is 5.53. The van der Waals surface area contributed by atoms with E-state index in [1.54, 1.807) is 23.6 Å². The number of nitrogens with one attached hydrogen (secondary N) is 1. The van der Waals surface area contributed by atoms with Gasteiger partial charge in [0, 0.05) is 29.1 Å². The van der Waals surface area contributed by atoms with Gasteiger partial charge in [0.2, 0.25) is 12.7 Å². The van der Waals surface area contributed by atoms with E-state index in [4.69, 9.17) is 30.7 Å². The Kier molecular flexibility index (Phi) is 6.05. The number of amides is 1. The Bertz CT molecular complexity index is 1600. The van der Waals surface area contributed by atoms with Crippen LogP contribution in [-0.4, -0.2) is 45.9 Å². The third-order valence-corrected chi connectivity index (χ3v) is 7.80. The summed E-state index contributed by atoms with van der Waals surface area (Å²) >= 11 is 0. The molecule has 2 atom stereocenters. The van der Waals surface area contributed by atoms with Crippen LogP contribution in [0.3, 0.4) is 0 Å². The number of nitrogens with zero attached hydrogens (tertiary/aromatic N) is 2. The summed E-state index contributed by atoms with van der Waals surface area (Å²) in [6.07, 6.45) is 1.14. The number of pyridine rings is 2. The lowest BCUT2D eigenvalue weighted by molar-refractivity contribution is -0.172. The minimum Gasteiger partial charge on any atom is -0.458 e. The maximum Gasteiger partial charge on any atom is 0.343 e. The first-order valence-electron chi connectivity index (χ1n) is 12.9. The zero-order valence-corrected chi connectivity index (χ0v) is 21.4. The summed E-state index contributed by atoms with van der Waals surface area (Å²) in [7, 11) is 0. The quantitative estimate of drug-likeness (QED) is 0.243. The molecule has 0 unspecified atom stereocenters. The van der Waals surface area contributed by atoms with E-state index in [1.165, 1.54) is 0 Å². The fourth-order valence-corrected chi connectivity index (χ4v) is 5.53. The van der Waals surface area contributed by atoms with E-state index in [9.17, 15) is 19.5 Å². The first-order valence-corrected chi connectivity index (χ1v) is 12.9. The highest BCUT2D eigenvalue weighted by atomic mass is 16.7. The van der Waals surface area contributed by atoms with Crippen molar-refractivity contribution >= 4 is 22.8 Å². The number of aromatic nitrogens is 2. The van der Waals surface area contributed by atoms with E-state index >= 15 is 0 Å². The van der Waals surface area contributed by atoms with Crippen LogP contribution in [0, 0.1) is 0 Å². The van der Waals surface area contributed by atoms with Crippen molar-refractivity contribution in [2.45, 2.75) is 57.5 Å². The highest BCUT2D eigenvalue weighted by Crippen LogP contribution is 2.43. The summed E-state index contributed by atoms with van der Waals surface area (Å²) in [6, 6.07) is 4.53. The SMILES string of the molecule is CC[C@@]1(O)C(=O)OCc2c1cc1n(c2=O)Cc2c-1nc1cc3c(cc1c2CNC(=O)[C@@H](N)CCCN)OCO3. The number of cyclic esters (lactones) is 1. The summed E-state index contributed by atoms with van der Waals surface area (Å²) in [6.45, 7) is 2.30. The Hall–Kier alpha value is -4.00. The minimum absolute atomic E-state index is 0.0465. The first-order chi connectivity index (χ1) is 18.8. The molecule has 0 saturated carbocycles. The van der Waals surface area contributed by atoms with Crippen LogP contribution in [0.5, 0.6) is 11.5 Å². The molecule has 0 spiro atoms. The topological polar surface area (TPSA) is 181 Å². The van der Waals surface area contributed by atoms with Gasteiger partial charge < -0.3 is 40.7 Å². The molecule has 0 bridgehead atoms. The molecule has 0 fully saturated rings. The largest absolute Gasteiger partial charge is 0.458 e. The van der Waals surface area contributed by atoms with Gasteiger partial charge in [-0.05, 0) is 43.5 Å². The summed E-state index contributed by atoms with van der Waals surface area (Å²) in [5.41, 5.74) is 12.9. The van der Waals surface area contributed by atoms with E-state index < -0.39 is 17.6 Å². The van der Waals surface area contributed by atoms with Gasteiger partial charge in [-0.1, -0.05) is 6.92 Å². The normalized spacial score (nSPS) is 19.3. The highest BCUT2D eigenvalue weighted by molar-refractivity contribution is 5.92. The zero-order valence-electron chi connectivity index (χ0n) is 21.4. The lowest BCUT2D eigenvalue weighted by Gasteiger charge is -2.31. The van der Waals surface area contributed by atoms with Crippen LogP contribution >= 0.6 is 0 Å². The van der Waals surface area contributed by atoms with Gasteiger partial charge in [-0.15, -0.1) is 0 Å². The van der Waals surface area contributed by atoms with Gasteiger partial charge >= 0.3 is 5.97 Å². The van der Waals surface area contributed by atoms with Crippen molar-refractivity contribution in [2.75, 3.05) is 13.3 Å². The summed E-state index contributed by atoms with van der Waals surface area (Å²) in [4.78, 5) is 43.7. The van der Waals surface area contributed by atoms with Crippen LogP contribution in [0.25, 0.3) is 22.3 Å². The predicted octanol–water partition coefficient (Wildman–Crippen LogP) is 0.491. The number of carbonyl (C=O) groups is 2. The molecule has 3 aliphatic rings. The van der Waals surface area contributed by atoms with Crippen molar-refractivity contribution in [1.82, 2.24) is 14.9 Å². The Morgan fingerprint density at radius 3 is 2.72 bits per heavy atom. The van der Waals surface area contributed by atoms with Crippen LogP contribution in [0.4, 0.5) is 0 Å². The van der Waals surface area contributed by atoms with Gasteiger partial charge in [-0.3, -0.25) is 9.59 Å². The molecular formula is C27H29N5O7. The van der Waals surface area contributed by atoms with Crippen molar-refractivity contribution in [1.29, 1.82) is 0 Å². The maximum atomic E-state index is 13.6. The average molecular weight is 536 g/mol. The number of nitrogens with two attached hydrogens (primary N) is 2. The standard InChI is InChI=1S/C27H29N5O7/c1-2-27(36)17-7-20-23-15(10-32(20)25(34)16(17)11-37-26(27)35)14(9-30-24(33)18(29)4-3-5-28)13-6-21-22(39-12-38-21)8-19(13)31-23/h6-8,18,36H,2-5,9-12,28-29H2,1H3,(H,30,33)/t18-,27-/m0/s1. The van der Waals surface area contributed by atoms with Crippen molar-refractivity contribution in [3.05, 3.63) is 50.8 Å². The predicted molar refractivity (Wildman–Crippen MR) is 139 cm³/mol. The van der Waals surface area contributed by atoms with Gasteiger partial charge in [-0.25, -0.2) is 9.78 Å². The third-order valence-electron chi connectivity index (χ3n) is 7.80. The number of hydrogen-bond acceptors (Lipinski definition) is 10. The number of carbonyl (C=O) groups excluding carboxylic acids is 2. The lowest BCUT2D eigenvalue weighted by atomic mass is 9.86. The molecule has 0 aliphatic carbocycles. The zero-order chi connectivity index (χ0) is 27.5. The molecule has 12 nitrogen and oxygen atoms in total. The molecule has 0 radical (unpaired) electrons. The number of fused-ring (bicyclic) bond motifs is 6. The van der Waals surface area contributed by atoms with Gasteiger partial charge in [-0.2, -0.15) is 0 Å². The molecule has 6 rings (SSSR count). The van der Waals surface area contributed by atoms with Gasteiger partial charge in [0.25, 0.3) is 5.56 Å². The molecule has 39 heavy (non-hydrogen) atoms. The molecule has 1 amide bonds. The Balaban J connectivity index is 1.50. The molecule has 0 saturated heterocycles. The first kappa shape index (κ1) is 25.3. The minimum atomic E-state index is -1.93. The smallest absolute Gasteiger partial charge is 0.343 e. The van der Waals surface area contributed by atoms with Crippen molar-refractivity contribution in [2.24, 2.45) is 11.5 Å². The number of ether oxygens (including phenoxy) is 3. The molecule has 2 aromatic heterocycles. The Morgan fingerprint density at radius 2 is 1.97 bits per heavy atom.